The first kappa shape index (κ1) is 19.0. The highest BCUT2D eigenvalue weighted by atomic mass is 35.5. The van der Waals surface area contributed by atoms with Crippen molar-refractivity contribution >= 4 is 28.9 Å². The van der Waals surface area contributed by atoms with Crippen molar-refractivity contribution in [3.63, 3.8) is 0 Å². The number of nitrogens with two attached hydrogens (primary N) is 1. The molecule has 1 aliphatic rings. The van der Waals surface area contributed by atoms with E-state index >= 15 is 0 Å². The zero-order valence-corrected chi connectivity index (χ0v) is 15.9. The Morgan fingerprint density at radius 1 is 1.19 bits per heavy atom. The van der Waals surface area contributed by atoms with Gasteiger partial charge in [-0.3, -0.25) is 4.79 Å². The minimum absolute atomic E-state index is 0.124. The quantitative estimate of drug-likeness (QED) is 0.689. The van der Waals surface area contributed by atoms with Gasteiger partial charge in [0, 0.05) is 17.7 Å². The van der Waals surface area contributed by atoms with Crippen LogP contribution in [0.15, 0.2) is 24.3 Å². The van der Waals surface area contributed by atoms with E-state index < -0.39 is 0 Å². The molecule has 3 rings (SSSR count). The molecule has 3 N–H and O–H groups in total. The molecular weight excluding hydrogens is 372 g/mol. The van der Waals surface area contributed by atoms with Gasteiger partial charge in [0.25, 0.3) is 5.91 Å². The Morgan fingerprint density at radius 3 is 2.63 bits per heavy atom. The fourth-order valence-corrected chi connectivity index (χ4v) is 2.83. The summed E-state index contributed by atoms with van der Waals surface area (Å²) in [5.74, 6) is 1.53. The maximum Gasteiger partial charge on any atom is 0.255 e. The highest BCUT2D eigenvalue weighted by Crippen LogP contribution is 2.39. The minimum atomic E-state index is -0.384. The van der Waals surface area contributed by atoms with Gasteiger partial charge in [-0.05, 0) is 25.5 Å². The molecule has 0 saturated carbocycles. The van der Waals surface area contributed by atoms with E-state index in [-0.39, 0.29) is 12.7 Å². The molecule has 1 aliphatic heterocycles. The second-order valence-electron chi connectivity index (χ2n) is 5.81. The molecule has 1 heterocycles. The highest BCUT2D eigenvalue weighted by Gasteiger charge is 2.20. The van der Waals surface area contributed by atoms with Gasteiger partial charge in [-0.1, -0.05) is 18.5 Å². The molecule has 1 amide bonds. The Morgan fingerprint density at radius 2 is 1.93 bits per heavy atom. The Kier molecular flexibility index (Phi) is 5.81. The maximum atomic E-state index is 12.7. The standard InChI is InChI=1S/C19H21ClN2O5/c1-3-5-25-18-12(20)6-11(7-17(18)24-4-2)19(23)22-14-9-16-15(8-13(14)21)26-10-27-16/h6-9H,3-5,10,21H2,1-2H3,(H,22,23). The topological polar surface area (TPSA) is 92.0 Å². The van der Waals surface area contributed by atoms with Gasteiger partial charge < -0.3 is 30.0 Å². The second-order valence-corrected chi connectivity index (χ2v) is 6.22. The Labute approximate surface area is 162 Å². The fraction of sp³-hybridized carbons (Fsp3) is 0.316. The number of ether oxygens (including phenoxy) is 4. The van der Waals surface area contributed by atoms with Crippen LogP contribution in [-0.2, 0) is 0 Å². The van der Waals surface area contributed by atoms with Gasteiger partial charge in [-0.25, -0.2) is 0 Å². The molecule has 0 spiro atoms. The van der Waals surface area contributed by atoms with Crippen LogP contribution in [0.4, 0.5) is 11.4 Å². The lowest BCUT2D eigenvalue weighted by atomic mass is 10.1. The van der Waals surface area contributed by atoms with E-state index in [1.165, 1.54) is 6.07 Å². The molecule has 8 heteroatoms. The summed E-state index contributed by atoms with van der Waals surface area (Å²) in [5.41, 5.74) is 7.10. The number of halogens is 1. The Bertz CT molecular complexity index is 856. The van der Waals surface area contributed by atoms with E-state index in [0.717, 1.165) is 6.42 Å². The summed E-state index contributed by atoms with van der Waals surface area (Å²) in [6.45, 7) is 4.88. The van der Waals surface area contributed by atoms with Crippen molar-refractivity contribution in [2.75, 3.05) is 31.1 Å². The lowest BCUT2D eigenvalue weighted by Crippen LogP contribution is -2.14. The van der Waals surface area contributed by atoms with E-state index in [1.54, 1.807) is 18.2 Å². The molecule has 0 fully saturated rings. The molecular formula is C19H21ClN2O5. The lowest BCUT2D eigenvalue weighted by molar-refractivity contribution is 0.102. The molecule has 7 nitrogen and oxygen atoms in total. The van der Waals surface area contributed by atoms with Crippen LogP contribution < -0.4 is 30.0 Å². The van der Waals surface area contributed by atoms with Gasteiger partial charge in [0.1, 0.15) is 0 Å². The summed E-state index contributed by atoms with van der Waals surface area (Å²) in [4.78, 5) is 12.7. The van der Waals surface area contributed by atoms with Gasteiger partial charge >= 0.3 is 0 Å². The fourth-order valence-electron chi connectivity index (χ4n) is 2.57. The number of fused-ring (bicyclic) bond motifs is 1. The molecule has 0 saturated heterocycles. The number of hydrogen-bond acceptors (Lipinski definition) is 6. The van der Waals surface area contributed by atoms with Crippen LogP contribution in [0.5, 0.6) is 23.0 Å². The number of benzene rings is 2. The summed E-state index contributed by atoms with van der Waals surface area (Å²) < 4.78 is 21.8. The predicted molar refractivity (Wildman–Crippen MR) is 103 cm³/mol. The van der Waals surface area contributed by atoms with Crippen molar-refractivity contribution in [2.24, 2.45) is 0 Å². The van der Waals surface area contributed by atoms with E-state index in [9.17, 15) is 4.79 Å². The minimum Gasteiger partial charge on any atom is -0.490 e. The molecule has 144 valence electrons. The molecule has 27 heavy (non-hydrogen) atoms. The van der Waals surface area contributed by atoms with Gasteiger partial charge in [0.15, 0.2) is 23.0 Å². The average Bonchev–Trinajstić information content (AvgIpc) is 3.08. The van der Waals surface area contributed by atoms with E-state index in [2.05, 4.69) is 5.32 Å². The third-order valence-corrected chi connectivity index (χ3v) is 4.10. The zero-order chi connectivity index (χ0) is 19.4. The number of anilines is 2. The molecule has 0 radical (unpaired) electrons. The van der Waals surface area contributed by atoms with Crippen molar-refractivity contribution in [3.8, 4) is 23.0 Å². The van der Waals surface area contributed by atoms with E-state index in [4.69, 9.17) is 36.3 Å². The monoisotopic (exact) mass is 392 g/mol. The average molecular weight is 393 g/mol. The van der Waals surface area contributed by atoms with Crippen LogP contribution in [0.3, 0.4) is 0 Å². The molecule has 2 aromatic carbocycles. The van der Waals surface area contributed by atoms with E-state index in [0.29, 0.717) is 58.2 Å². The number of amides is 1. The maximum absolute atomic E-state index is 12.7. The van der Waals surface area contributed by atoms with Crippen LogP contribution >= 0.6 is 11.6 Å². The Balaban J connectivity index is 1.86. The highest BCUT2D eigenvalue weighted by molar-refractivity contribution is 6.32. The number of nitrogens with one attached hydrogen (secondary N) is 1. The van der Waals surface area contributed by atoms with Crippen molar-refractivity contribution in [1.82, 2.24) is 0 Å². The molecule has 0 bridgehead atoms. The van der Waals surface area contributed by atoms with Crippen LogP contribution in [0.1, 0.15) is 30.6 Å². The van der Waals surface area contributed by atoms with Crippen molar-refractivity contribution in [3.05, 3.63) is 34.9 Å². The van der Waals surface area contributed by atoms with Gasteiger partial charge in [-0.15, -0.1) is 0 Å². The number of carbonyl (C=O) groups is 1. The van der Waals surface area contributed by atoms with Gasteiger partial charge in [0.05, 0.1) is 29.6 Å². The number of rotatable bonds is 7. The summed E-state index contributed by atoms with van der Waals surface area (Å²) >= 11 is 6.31. The van der Waals surface area contributed by atoms with Gasteiger partial charge in [-0.2, -0.15) is 0 Å². The number of hydrogen-bond donors (Lipinski definition) is 2. The van der Waals surface area contributed by atoms with Crippen molar-refractivity contribution < 1.29 is 23.7 Å². The van der Waals surface area contributed by atoms with Crippen molar-refractivity contribution in [1.29, 1.82) is 0 Å². The molecule has 0 aliphatic carbocycles. The summed E-state index contributed by atoms with van der Waals surface area (Å²) in [5, 5.41) is 3.06. The largest absolute Gasteiger partial charge is 0.490 e. The third kappa shape index (κ3) is 4.14. The smallest absolute Gasteiger partial charge is 0.255 e. The predicted octanol–water partition coefficient (Wildman–Crippen LogP) is 4.09. The van der Waals surface area contributed by atoms with Crippen LogP contribution in [0, 0.1) is 0 Å². The summed E-state index contributed by atoms with van der Waals surface area (Å²) in [6.07, 6.45) is 0.827. The molecule has 0 atom stereocenters. The summed E-state index contributed by atoms with van der Waals surface area (Å²) in [7, 11) is 0. The Hall–Kier alpha value is -2.80. The lowest BCUT2D eigenvalue weighted by Gasteiger charge is -2.15. The first-order chi connectivity index (χ1) is 13.0. The SMILES string of the molecule is CCCOc1c(Cl)cc(C(=O)Nc2cc3c(cc2N)OCO3)cc1OCC. The molecule has 0 unspecified atom stereocenters. The normalized spacial score (nSPS) is 12.0. The molecule has 0 aromatic heterocycles. The number of carbonyl (C=O) groups excluding carboxylic acids is 1. The second kappa shape index (κ2) is 8.26. The summed E-state index contributed by atoms with van der Waals surface area (Å²) in [6, 6.07) is 6.37. The molecule has 2 aromatic rings. The first-order valence-electron chi connectivity index (χ1n) is 8.63. The first-order valence-corrected chi connectivity index (χ1v) is 9.00. The van der Waals surface area contributed by atoms with Crippen LogP contribution in [-0.4, -0.2) is 25.9 Å². The van der Waals surface area contributed by atoms with Crippen LogP contribution in [0.25, 0.3) is 0 Å². The van der Waals surface area contributed by atoms with Gasteiger partial charge in [0.2, 0.25) is 6.79 Å². The van der Waals surface area contributed by atoms with E-state index in [1.807, 2.05) is 13.8 Å². The third-order valence-electron chi connectivity index (χ3n) is 3.82. The van der Waals surface area contributed by atoms with Crippen LogP contribution in [0.2, 0.25) is 5.02 Å². The van der Waals surface area contributed by atoms with Crippen molar-refractivity contribution in [2.45, 2.75) is 20.3 Å². The number of nitrogen functional groups attached to an aromatic ring is 1. The zero-order valence-electron chi connectivity index (χ0n) is 15.1.